The van der Waals surface area contributed by atoms with E-state index in [4.69, 9.17) is 0 Å². The van der Waals surface area contributed by atoms with Gasteiger partial charge in [-0.1, -0.05) is 149 Å². The molecule has 0 aliphatic heterocycles. The fourth-order valence-electron chi connectivity index (χ4n) is 5.38. The van der Waals surface area contributed by atoms with Gasteiger partial charge in [0.1, 0.15) is 0 Å². The highest BCUT2D eigenvalue weighted by molar-refractivity contribution is 5.42. The highest BCUT2D eigenvalue weighted by atomic mass is 14.2. The lowest BCUT2D eigenvalue weighted by Crippen LogP contribution is -2.01. The fraction of sp³-hybridized carbons (Fsp3) is 0.829. The maximum absolute atomic E-state index is 4.33. The minimum Gasteiger partial charge on any atom is -0.0988 e. The van der Waals surface area contributed by atoms with Crippen molar-refractivity contribution in [3.63, 3.8) is 0 Å². The second-order valence-electron chi connectivity index (χ2n) is 11.1. The summed E-state index contributed by atoms with van der Waals surface area (Å²) in [5.74, 6) is 0. The van der Waals surface area contributed by atoms with Crippen LogP contribution in [0.1, 0.15) is 189 Å². The first kappa shape index (κ1) is 34.2. The number of unbranched alkanes of at least 4 members (excludes halogenated alkanes) is 16. The lowest BCUT2D eigenvalue weighted by Gasteiger charge is -2.21. The number of rotatable bonds is 26. The van der Waals surface area contributed by atoms with E-state index in [-0.39, 0.29) is 0 Å². The number of hydrogen-bond acceptors (Lipinski definition) is 0. The minimum atomic E-state index is 1.23. The van der Waals surface area contributed by atoms with Crippen LogP contribution in [-0.4, -0.2) is 0 Å². The highest BCUT2D eigenvalue weighted by Gasteiger charge is 2.14. The Morgan fingerprint density at radius 2 is 0.771 bits per heavy atom. The SMILES string of the molecule is C=C/C(CCCCCC)=C(CCCCCCCC)\C(CCCCCCC)=C(/C)CCCCCCC. The van der Waals surface area contributed by atoms with Gasteiger partial charge >= 0.3 is 0 Å². The van der Waals surface area contributed by atoms with E-state index < -0.39 is 0 Å². The molecule has 0 aromatic carbocycles. The minimum absolute atomic E-state index is 1.23. The first-order chi connectivity index (χ1) is 17.2. The fourth-order valence-corrected chi connectivity index (χ4v) is 5.38. The van der Waals surface area contributed by atoms with E-state index in [1.54, 1.807) is 22.3 Å². The van der Waals surface area contributed by atoms with Gasteiger partial charge < -0.3 is 0 Å². The zero-order valence-electron chi connectivity index (χ0n) is 25.3. The molecule has 0 rings (SSSR count). The van der Waals surface area contributed by atoms with E-state index >= 15 is 0 Å². The lowest BCUT2D eigenvalue weighted by atomic mass is 9.85. The van der Waals surface area contributed by atoms with Crippen LogP contribution < -0.4 is 0 Å². The van der Waals surface area contributed by atoms with Gasteiger partial charge in [-0.25, -0.2) is 0 Å². The molecule has 0 spiro atoms. The molecule has 0 N–H and O–H groups in total. The molecule has 0 amide bonds. The van der Waals surface area contributed by atoms with Crippen molar-refractivity contribution in [2.24, 2.45) is 0 Å². The van der Waals surface area contributed by atoms with Crippen LogP contribution in [0.15, 0.2) is 34.9 Å². The van der Waals surface area contributed by atoms with E-state index in [0.29, 0.717) is 0 Å². The molecule has 0 aromatic heterocycles. The molecule has 0 unspecified atom stereocenters. The molecule has 0 saturated heterocycles. The van der Waals surface area contributed by atoms with Gasteiger partial charge in [-0.15, -0.1) is 0 Å². The van der Waals surface area contributed by atoms with Crippen LogP contribution in [0.4, 0.5) is 0 Å². The highest BCUT2D eigenvalue weighted by Crippen LogP contribution is 2.33. The number of allylic oxidation sites excluding steroid dienone is 5. The quantitative estimate of drug-likeness (QED) is 0.0842. The summed E-state index contributed by atoms with van der Waals surface area (Å²) in [5.41, 5.74) is 6.75. The van der Waals surface area contributed by atoms with Crippen LogP contribution in [0.5, 0.6) is 0 Å². The maximum atomic E-state index is 4.33. The number of hydrogen-bond donors (Lipinski definition) is 0. The Bertz CT molecular complexity index is 532. The van der Waals surface area contributed by atoms with Crippen molar-refractivity contribution in [1.82, 2.24) is 0 Å². The molecule has 0 atom stereocenters. The van der Waals surface area contributed by atoms with Gasteiger partial charge in [0.2, 0.25) is 0 Å². The molecule has 35 heavy (non-hydrogen) atoms. The normalized spacial score (nSPS) is 13.1. The topological polar surface area (TPSA) is 0 Å². The standard InChI is InChI=1S/C35H66/c1-7-12-16-20-23-27-31-35(33(11-5)29-25-19-15-10-4)34(30-26-22-18-14-9-3)32(6)28-24-21-17-13-8-2/h11H,5,7-10,12-31H2,1-4,6H3/b34-32+,35-33+. The van der Waals surface area contributed by atoms with E-state index in [1.165, 1.54) is 154 Å². The van der Waals surface area contributed by atoms with Crippen LogP contribution in [0.2, 0.25) is 0 Å². The Balaban J connectivity index is 5.60. The summed E-state index contributed by atoms with van der Waals surface area (Å²) in [5, 5.41) is 0. The third kappa shape index (κ3) is 19.1. The summed E-state index contributed by atoms with van der Waals surface area (Å²) in [4.78, 5) is 0. The average molecular weight is 487 g/mol. The van der Waals surface area contributed by atoms with Crippen LogP contribution in [-0.2, 0) is 0 Å². The van der Waals surface area contributed by atoms with Crippen molar-refractivity contribution in [2.75, 3.05) is 0 Å². The van der Waals surface area contributed by atoms with Crippen molar-refractivity contribution >= 4 is 0 Å². The molecule has 0 saturated carbocycles. The van der Waals surface area contributed by atoms with Crippen LogP contribution in [0.25, 0.3) is 0 Å². The molecule has 0 aliphatic carbocycles. The summed E-state index contributed by atoms with van der Waals surface area (Å²) in [7, 11) is 0. The maximum Gasteiger partial charge on any atom is -0.0273 e. The first-order valence-corrected chi connectivity index (χ1v) is 16.2. The van der Waals surface area contributed by atoms with Gasteiger partial charge in [-0.3, -0.25) is 0 Å². The average Bonchev–Trinajstić information content (AvgIpc) is 2.87. The van der Waals surface area contributed by atoms with Crippen molar-refractivity contribution in [3.8, 4) is 0 Å². The van der Waals surface area contributed by atoms with Crippen LogP contribution >= 0.6 is 0 Å². The van der Waals surface area contributed by atoms with Crippen LogP contribution in [0.3, 0.4) is 0 Å². The zero-order valence-corrected chi connectivity index (χ0v) is 25.3. The smallest absolute Gasteiger partial charge is 0.0273 e. The second kappa shape index (κ2) is 26.3. The van der Waals surface area contributed by atoms with Gasteiger partial charge in [-0.2, -0.15) is 0 Å². The summed E-state index contributed by atoms with van der Waals surface area (Å²) in [6.45, 7) is 16.1. The van der Waals surface area contributed by atoms with Gasteiger partial charge in [0, 0.05) is 0 Å². The molecule has 0 radical (unpaired) electrons. The van der Waals surface area contributed by atoms with Crippen molar-refractivity contribution in [2.45, 2.75) is 189 Å². The predicted molar refractivity (Wildman–Crippen MR) is 163 cm³/mol. The molecule has 0 fully saturated rings. The third-order valence-electron chi connectivity index (χ3n) is 7.78. The summed E-state index contributed by atoms with van der Waals surface area (Å²) >= 11 is 0. The van der Waals surface area contributed by atoms with Gasteiger partial charge in [0.05, 0.1) is 0 Å². The molecule has 0 aromatic rings. The zero-order chi connectivity index (χ0) is 26.0. The van der Waals surface area contributed by atoms with Crippen molar-refractivity contribution in [1.29, 1.82) is 0 Å². The molecule has 0 nitrogen and oxygen atoms in total. The van der Waals surface area contributed by atoms with E-state index in [2.05, 4.69) is 47.3 Å². The van der Waals surface area contributed by atoms with Gasteiger partial charge in [0.25, 0.3) is 0 Å². The van der Waals surface area contributed by atoms with E-state index in [0.717, 1.165) is 0 Å². The monoisotopic (exact) mass is 487 g/mol. The largest absolute Gasteiger partial charge is 0.0988 e. The Hall–Kier alpha value is -0.780. The Labute approximate surface area is 223 Å². The van der Waals surface area contributed by atoms with Gasteiger partial charge in [0.15, 0.2) is 0 Å². The Morgan fingerprint density at radius 3 is 1.23 bits per heavy atom. The molecule has 0 heteroatoms. The molecular weight excluding hydrogens is 420 g/mol. The Morgan fingerprint density at radius 1 is 0.429 bits per heavy atom. The van der Waals surface area contributed by atoms with E-state index in [1.807, 2.05) is 0 Å². The third-order valence-corrected chi connectivity index (χ3v) is 7.78. The Kier molecular flexibility index (Phi) is 25.7. The molecular formula is C35H66. The van der Waals surface area contributed by atoms with Crippen molar-refractivity contribution in [3.05, 3.63) is 34.9 Å². The molecule has 0 aliphatic rings. The molecule has 0 heterocycles. The van der Waals surface area contributed by atoms with E-state index in [9.17, 15) is 0 Å². The van der Waals surface area contributed by atoms with Crippen LogP contribution in [0, 0.1) is 0 Å². The molecule has 0 bridgehead atoms. The van der Waals surface area contributed by atoms with Gasteiger partial charge in [-0.05, 0) is 75.0 Å². The summed E-state index contributed by atoms with van der Waals surface area (Å²) in [6, 6.07) is 0. The second-order valence-corrected chi connectivity index (χ2v) is 11.1. The summed E-state index contributed by atoms with van der Waals surface area (Å²) in [6.07, 6.45) is 34.8. The predicted octanol–water partition coefficient (Wildman–Crippen LogP) is 13.2. The first-order valence-electron chi connectivity index (χ1n) is 16.2. The lowest BCUT2D eigenvalue weighted by molar-refractivity contribution is 0.597. The molecule has 206 valence electrons. The van der Waals surface area contributed by atoms with Crippen molar-refractivity contribution < 1.29 is 0 Å². The summed E-state index contributed by atoms with van der Waals surface area (Å²) < 4.78 is 0.